The third-order valence-corrected chi connectivity index (χ3v) is 18.3. The smallest absolute Gasteiger partial charge is 0.187 e. The van der Waals surface area contributed by atoms with Gasteiger partial charge in [0.25, 0.3) is 0 Å². The minimum atomic E-state index is -0.947. The van der Waals surface area contributed by atoms with E-state index in [-0.39, 0.29) is 0 Å². The zero-order chi connectivity index (χ0) is 60.8. The molecule has 0 amide bonds. The summed E-state index contributed by atoms with van der Waals surface area (Å²) in [5, 5.41) is 10.8. The van der Waals surface area contributed by atoms with Gasteiger partial charge in [-0.15, -0.1) is 0 Å². The maximum Gasteiger partial charge on any atom is 0.187 e. The van der Waals surface area contributed by atoms with Gasteiger partial charge in [0.1, 0.15) is 0 Å². The summed E-state index contributed by atoms with van der Waals surface area (Å²) >= 11 is 0. The van der Waals surface area contributed by atoms with Crippen molar-refractivity contribution in [2.75, 3.05) is 9.80 Å². The molecule has 0 saturated heterocycles. The van der Waals surface area contributed by atoms with Crippen LogP contribution in [-0.2, 0) is 5.41 Å². The van der Waals surface area contributed by atoms with Crippen molar-refractivity contribution >= 4 is 39.8 Å². The highest BCUT2D eigenvalue weighted by Crippen LogP contribution is 2.65. The number of nitriles is 1. The van der Waals surface area contributed by atoms with E-state index in [1.807, 2.05) is 12.1 Å². The Balaban J connectivity index is 0.876. The molecule has 16 rings (SSSR count). The van der Waals surface area contributed by atoms with Gasteiger partial charge in [0.2, 0.25) is 0 Å². The zero-order valence-electron chi connectivity index (χ0n) is 49.6. The first-order chi connectivity index (χ1) is 45.0. The van der Waals surface area contributed by atoms with Crippen LogP contribution in [-0.4, -0.2) is 0 Å². The molecule has 4 nitrogen and oxygen atoms in total. The Bertz CT molecular complexity index is 4710. The van der Waals surface area contributed by atoms with Crippen LogP contribution in [0.15, 0.2) is 340 Å². The molecule has 0 heterocycles. The number of fused-ring (bicyclic) bond motifs is 10. The first-order valence-electron chi connectivity index (χ1n) is 30.8. The van der Waals surface area contributed by atoms with Crippen LogP contribution in [0.4, 0.5) is 39.8 Å². The largest absolute Gasteiger partial charge is 0.310 e. The van der Waals surface area contributed by atoms with E-state index in [0.29, 0.717) is 11.3 Å². The summed E-state index contributed by atoms with van der Waals surface area (Å²) in [4.78, 5) is 8.80. The van der Waals surface area contributed by atoms with E-state index in [1.54, 1.807) is 0 Å². The second-order valence-electron chi connectivity index (χ2n) is 23.3. The third kappa shape index (κ3) is 9.21. The van der Waals surface area contributed by atoms with E-state index in [2.05, 4.69) is 348 Å². The van der Waals surface area contributed by atoms with E-state index in [0.717, 1.165) is 112 Å². The summed E-state index contributed by atoms with van der Waals surface area (Å²) in [5.41, 5.74) is 28.5. The summed E-state index contributed by atoms with van der Waals surface area (Å²) in [6, 6.07) is 124. The molecule has 0 aromatic heterocycles. The number of nitrogens with zero attached hydrogens (tertiary/aromatic N) is 4. The van der Waals surface area contributed by atoms with Gasteiger partial charge in [-0.05, 0) is 196 Å². The average Bonchev–Trinajstić information content (AvgIpc) is 1.51. The Morgan fingerprint density at radius 1 is 0.264 bits per heavy atom. The molecular weight excluding hydrogens is 1100 g/mol. The van der Waals surface area contributed by atoms with Crippen molar-refractivity contribution in [2.24, 2.45) is 0 Å². The van der Waals surface area contributed by atoms with Gasteiger partial charge in [-0.25, -0.2) is 4.85 Å². The molecule has 0 saturated carbocycles. The van der Waals surface area contributed by atoms with Gasteiger partial charge < -0.3 is 9.80 Å². The predicted molar refractivity (Wildman–Crippen MR) is 376 cm³/mol. The number of para-hydroxylation sites is 2. The topological polar surface area (TPSA) is 34.6 Å². The molecular formula is C87H56N4. The molecule has 2 aliphatic carbocycles. The van der Waals surface area contributed by atoms with Crippen LogP contribution in [0.2, 0.25) is 0 Å². The molecule has 0 bridgehead atoms. The predicted octanol–water partition coefficient (Wildman–Crippen LogP) is 23.4. The van der Waals surface area contributed by atoms with Crippen LogP contribution in [0.5, 0.6) is 0 Å². The zero-order valence-corrected chi connectivity index (χ0v) is 49.6. The van der Waals surface area contributed by atoms with Gasteiger partial charge in [-0.1, -0.05) is 255 Å². The molecule has 0 radical (unpaired) electrons. The lowest BCUT2D eigenvalue weighted by Gasteiger charge is -2.33. The molecule has 0 atom stereocenters. The summed E-state index contributed by atoms with van der Waals surface area (Å²) < 4.78 is 0. The lowest BCUT2D eigenvalue weighted by Crippen LogP contribution is -2.26. The molecule has 0 unspecified atom stereocenters. The van der Waals surface area contributed by atoms with Gasteiger partial charge in [-0.2, -0.15) is 5.26 Å². The molecule has 14 aromatic rings. The first-order valence-corrected chi connectivity index (χ1v) is 30.8. The Morgan fingerprint density at radius 3 is 0.934 bits per heavy atom. The van der Waals surface area contributed by atoms with Crippen molar-refractivity contribution < 1.29 is 0 Å². The molecule has 0 N–H and O–H groups in total. The molecule has 91 heavy (non-hydrogen) atoms. The van der Waals surface area contributed by atoms with Gasteiger partial charge in [0.05, 0.1) is 23.6 Å². The molecule has 14 aromatic carbocycles. The highest BCUT2D eigenvalue weighted by atomic mass is 15.1. The van der Waals surface area contributed by atoms with Crippen molar-refractivity contribution in [1.29, 1.82) is 5.26 Å². The summed E-state index contributed by atoms with van der Waals surface area (Å²) in [7, 11) is 0. The molecule has 0 aliphatic heterocycles. The first kappa shape index (κ1) is 54.1. The highest BCUT2D eigenvalue weighted by molar-refractivity contribution is 6.00. The van der Waals surface area contributed by atoms with Gasteiger partial charge in [0, 0.05) is 34.1 Å². The number of anilines is 6. The van der Waals surface area contributed by atoms with Gasteiger partial charge in [0.15, 0.2) is 5.69 Å². The van der Waals surface area contributed by atoms with Gasteiger partial charge >= 0.3 is 0 Å². The quantitative estimate of drug-likeness (QED) is 0.114. The molecule has 2 aliphatic rings. The van der Waals surface area contributed by atoms with Crippen molar-refractivity contribution in [1.82, 2.24) is 0 Å². The number of hydrogen-bond acceptors (Lipinski definition) is 3. The highest BCUT2D eigenvalue weighted by Gasteiger charge is 2.52. The summed E-state index contributed by atoms with van der Waals surface area (Å²) in [6.07, 6.45) is 0. The van der Waals surface area contributed by atoms with Crippen LogP contribution in [0, 0.1) is 17.9 Å². The van der Waals surface area contributed by atoms with E-state index in [9.17, 15) is 5.26 Å². The Morgan fingerprint density at radius 2 is 0.571 bits per heavy atom. The monoisotopic (exact) mass is 1160 g/mol. The molecule has 0 fully saturated rings. The Hall–Kier alpha value is -12.3. The van der Waals surface area contributed by atoms with E-state index < -0.39 is 5.41 Å². The van der Waals surface area contributed by atoms with Crippen LogP contribution in [0.3, 0.4) is 0 Å². The van der Waals surface area contributed by atoms with Crippen molar-refractivity contribution in [2.45, 2.75) is 5.41 Å². The Kier molecular flexibility index (Phi) is 13.5. The van der Waals surface area contributed by atoms with Crippen LogP contribution in [0.25, 0.3) is 93.9 Å². The lowest BCUT2D eigenvalue weighted by atomic mass is 9.70. The second-order valence-corrected chi connectivity index (χ2v) is 23.3. The van der Waals surface area contributed by atoms with Crippen LogP contribution >= 0.6 is 0 Å². The normalized spacial score (nSPS) is 12.0. The van der Waals surface area contributed by atoms with Gasteiger partial charge in [-0.3, -0.25) is 0 Å². The number of benzene rings is 14. The summed E-state index contributed by atoms with van der Waals surface area (Å²) in [5.74, 6) is 0. The van der Waals surface area contributed by atoms with Crippen molar-refractivity contribution in [3.8, 4) is 95.1 Å². The minimum absolute atomic E-state index is 0.555. The van der Waals surface area contributed by atoms with Crippen LogP contribution in [0.1, 0.15) is 27.8 Å². The standard InChI is InChI=1S/C87H56N4/c1-89-66-43-51-78-77-50-38-59(58-88)54-81(77)87(82(78)55-66)83-56-71(90(67-30-16-6-17-31-67)69-44-39-64(40-45-69)85-73(60-22-8-2-9-23-60)34-20-35-74(85)61-24-10-3-11-25-61)48-52-79(83)80-53-49-72(57-84(80)87)91(68-32-18-7-19-33-68)70-46-41-65(42-47-70)86-75(62-26-12-4-13-27-62)36-21-37-76(86)63-28-14-5-15-29-63/h2-57H. The number of rotatable bonds is 12. The van der Waals surface area contributed by atoms with E-state index in [1.165, 1.54) is 33.4 Å². The Labute approximate surface area is 531 Å². The number of hydrogen-bond donors (Lipinski definition) is 0. The van der Waals surface area contributed by atoms with E-state index in [4.69, 9.17) is 6.57 Å². The molecule has 424 valence electrons. The minimum Gasteiger partial charge on any atom is -0.310 e. The van der Waals surface area contributed by atoms with Crippen LogP contribution < -0.4 is 9.80 Å². The summed E-state index contributed by atoms with van der Waals surface area (Å²) in [6.45, 7) is 8.47. The van der Waals surface area contributed by atoms with E-state index >= 15 is 0 Å². The third-order valence-electron chi connectivity index (χ3n) is 18.3. The fourth-order valence-corrected chi connectivity index (χ4v) is 14.4. The average molecular weight is 1160 g/mol. The fourth-order valence-electron chi connectivity index (χ4n) is 14.4. The lowest BCUT2D eigenvalue weighted by molar-refractivity contribution is 0.793. The SMILES string of the molecule is [C-]#[N+]c1ccc2c(c1)C1(c3cc(C#N)ccc3-2)c2cc(N(c3ccccc3)c3ccc(-c4c(-c5ccccc5)cccc4-c4ccccc4)cc3)ccc2-c2ccc(N(c3ccccc3)c3ccc(-c4c(-c5ccccc5)cccc4-c4ccccc4)cc3)cc21. The molecule has 1 spiro atoms. The maximum atomic E-state index is 10.8. The van der Waals surface area contributed by atoms with Crippen molar-refractivity contribution in [3.63, 3.8) is 0 Å². The second kappa shape index (κ2) is 22.7. The van der Waals surface area contributed by atoms with Crippen molar-refractivity contribution in [3.05, 3.63) is 379 Å². The maximum absolute atomic E-state index is 10.8. The fraction of sp³-hybridized carbons (Fsp3) is 0.0115. The molecule has 4 heteroatoms.